The lowest BCUT2D eigenvalue weighted by molar-refractivity contribution is -0.122. The van der Waals surface area contributed by atoms with Gasteiger partial charge in [-0.05, 0) is 68.1 Å². The number of carbonyl (C=O) groups is 1. The fraction of sp³-hybridized carbons (Fsp3) is 0.136. The zero-order valence-corrected chi connectivity index (χ0v) is 18.6. The molecule has 1 aliphatic heterocycles. The molecule has 8 heteroatoms. The van der Waals surface area contributed by atoms with E-state index >= 15 is 0 Å². The number of aryl methyl sites for hydroxylation is 1. The molecule has 0 saturated carbocycles. The quantitative estimate of drug-likeness (QED) is 0.415. The average Bonchev–Trinajstić information content (AvgIpc) is 3.29. The highest BCUT2D eigenvalue weighted by molar-refractivity contribution is 8.18. The number of furan rings is 1. The molecule has 0 aliphatic carbocycles. The summed E-state index contributed by atoms with van der Waals surface area (Å²) in [6.45, 7) is 4.32. The Balaban J connectivity index is 1.64. The zero-order valence-electron chi connectivity index (χ0n) is 16.2. The molecule has 3 heterocycles. The van der Waals surface area contributed by atoms with Gasteiger partial charge in [0.1, 0.15) is 11.5 Å². The summed E-state index contributed by atoms with van der Waals surface area (Å²) in [5, 5.41) is 1.70. The van der Waals surface area contributed by atoms with Crippen molar-refractivity contribution in [1.29, 1.82) is 0 Å². The van der Waals surface area contributed by atoms with Gasteiger partial charge in [-0.15, -0.1) is 0 Å². The number of benzene rings is 1. The first-order valence-electron chi connectivity index (χ1n) is 9.23. The molecule has 0 bridgehead atoms. The highest BCUT2D eigenvalue weighted by Gasteiger charge is 2.32. The summed E-state index contributed by atoms with van der Waals surface area (Å²) < 4.78 is 5.90. The van der Waals surface area contributed by atoms with Crippen molar-refractivity contribution >= 4 is 57.9 Å². The van der Waals surface area contributed by atoms with Gasteiger partial charge >= 0.3 is 0 Å². The summed E-state index contributed by atoms with van der Waals surface area (Å²) in [4.78, 5) is 23.9. The molecule has 4 rings (SSSR count). The number of nitrogens with zero attached hydrogens (tertiary/aromatic N) is 3. The summed E-state index contributed by atoms with van der Waals surface area (Å²) in [6.07, 6.45) is 1.71. The first-order chi connectivity index (χ1) is 14.4. The Morgan fingerprint density at radius 3 is 2.80 bits per heavy atom. The van der Waals surface area contributed by atoms with Crippen molar-refractivity contribution < 1.29 is 9.21 Å². The molecule has 0 N–H and O–H groups in total. The third-order valence-electron chi connectivity index (χ3n) is 4.38. The van der Waals surface area contributed by atoms with E-state index < -0.39 is 0 Å². The lowest BCUT2D eigenvalue weighted by Crippen LogP contribution is -2.28. The van der Waals surface area contributed by atoms with Gasteiger partial charge in [0, 0.05) is 28.9 Å². The van der Waals surface area contributed by atoms with E-state index in [1.807, 2.05) is 32.0 Å². The number of hydrogen-bond acceptors (Lipinski definition) is 5. The molecule has 2 aromatic heterocycles. The van der Waals surface area contributed by atoms with E-state index in [1.165, 1.54) is 11.8 Å². The Morgan fingerprint density at radius 2 is 2.03 bits per heavy atom. The van der Waals surface area contributed by atoms with Gasteiger partial charge in [0.15, 0.2) is 11.0 Å². The number of pyridine rings is 1. The maximum atomic E-state index is 12.8. The second kappa shape index (κ2) is 8.68. The van der Waals surface area contributed by atoms with E-state index in [9.17, 15) is 4.79 Å². The predicted molar refractivity (Wildman–Crippen MR) is 123 cm³/mol. The number of amides is 1. The maximum Gasteiger partial charge on any atom is 0.266 e. The van der Waals surface area contributed by atoms with Crippen LogP contribution in [0.2, 0.25) is 10.0 Å². The second-order valence-electron chi connectivity index (χ2n) is 6.52. The molecule has 1 aliphatic rings. The van der Waals surface area contributed by atoms with Crippen LogP contribution in [0.5, 0.6) is 0 Å². The highest BCUT2D eigenvalue weighted by Crippen LogP contribution is 2.36. The molecule has 1 aromatic carbocycles. The molecule has 5 nitrogen and oxygen atoms in total. The number of rotatable bonds is 4. The molecule has 0 atom stereocenters. The van der Waals surface area contributed by atoms with E-state index in [-0.39, 0.29) is 5.91 Å². The van der Waals surface area contributed by atoms with E-state index in [1.54, 1.807) is 41.3 Å². The minimum absolute atomic E-state index is 0.118. The van der Waals surface area contributed by atoms with Crippen LogP contribution >= 0.6 is 35.0 Å². The normalized spacial score (nSPS) is 16.8. The fourth-order valence-corrected chi connectivity index (χ4v) is 4.36. The van der Waals surface area contributed by atoms with Crippen LogP contribution in [0.4, 0.5) is 5.82 Å². The van der Waals surface area contributed by atoms with Gasteiger partial charge in [-0.3, -0.25) is 9.69 Å². The van der Waals surface area contributed by atoms with E-state index in [4.69, 9.17) is 27.6 Å². The van der Waals surface area contributed by atoms with Gasteiger partial charge < -0.3 is 4.42 Å². The Kier molecular flexibility index (Phi) is 5.99. The Labute approximate surface area is 188 Å². The first-order valence-corrected chi connectivity index (χ1v) is 10.8. The van der Waals surface area contributed by atoms with Crippen LogP contribution in [0, 0.1) is 6.92 Å². The third kappa shape index (κ3) is 4.31. The van der Waals surface area contributed by atoms with E-state index in [0.29, 0.717) is 49.6 Å². The average molecular weight is 458 g/mol. The van der Waals surface area contributed by atoms with E-state index in [0.717, 1.165) is 5.69 Å². The molecule has 1 fully saturated rings. The molecule has 0 radical (unpaired) electrons. The number of aromatic nitrogens is 1. The summed E-state index contributed by atoms with van der Waals surface area (Å²) in [5.74, 6) is 1.58. The molecule has 1 amide bonds. The number of aliphatic imine (C=N–C) groups is 1. The highest BCUT2D eigenvalue weighted by atomic mass is 35.5. The SMILES string of the molecule is CCN1C(=O)/C(=C\c2ccc(-c3cc(Cl)ccc3Cl)o2)S/C1=N/c1cccc(C)n1. The largest absolute Gasteiger partial charge is 0.457 e. The molecule has 3 aromatic rings. The third-order valence-corrected chi connectivity index (χ3v) is 5.95. The zero-order chi connectivity index (χ0) is 21.3. The number of carbonyl (C=O) groups excluding carboxylic acids is 1. The standard InChI is InChI=1S/C22H17Cl2N3O2S/c1-3-27-21(28)19(30-22(27)26-20-6-4-5-13(2)25-20)12-15-8-10-18(29-15)16-11-14(23)7-9-17(16)24/h4-12H,3H2,1-2H3/b19-12+,26-22+. The van der Waals surface area contributed by atoms with Crippen molar-refractivity contribution in [2.45, 2.75) is 13.8 Å². The van der Waals surface area contributed by atoms with Crippen molar-refractivity contribution in [2.24, 2.45) is 4.99 Å². The fourth-order valence-electron chi connectivity index (χ4n) is 2.95. The first kappa shape index (κ1) is 20.7. The second-order valence-corrected chi connectivity index (χ2v) is 8.37. The van der Waals surface area contributed by atoms with Crippen LogP contribution in [-0.2, 0) is 4.79 Å². The van der Waals surface area contributed by atoms with Crippen LogP contribution in [0.25, 0.3) is 17.4 Å². The van der Waals surface area contributed by atoms with Gasteiger partial charge in [0.25, 0.3) is 5.91 Å². The van der Waals surface area contributed by atoms with Crippen LogP contribution in [0.1, 0.15) is 18.4 Å². The van der Waals surface area contributed by atoms with Crippen molar-refractivity contribution in [2.75, 3.05) is 6.54 Å². The maximum absolute atomic E-state index is 12.8. The summed E-state index contributed by atoms with van der Waals surface area (Å²) >= 11 is 13.6. The van der Waals surface area contributed by atoms with Gasteiger partial charge in [0.2, 0.25) is 0 Å². The number of thioether (sulfide) groups is 1. The van der Waals surface area contributed by atoms with Crippen molar-refractivity contribution in [3.8, 4) is 11.3 Å². The van der Waals surface area contributed by atoms with Crippen LogP contribution < -0.4 is 0 Å². The Morgan fingerprint density at radius 1 is 1.20 bits per heavy atom. The Bertz CT molecular complexity index is 1190. The molecule has 0 spiro atoms. The molecular formula is C22H17Cl2N3O2S. The lowest BCUT2D eigenvalue weighted by atomic mass is 10.2. The molecule has 1 saturated heterocycles. The summed E-state index contributed by atoms with van der Waals surface area (Å²) in [6, 6.07) is 14.4. The van der Waals surface area contributed by atoms with Crippen molar-refractivity contribution in [3.63, 3.8) is 0 Å². The van der Waals surface area contributed by atoms with Gasteiger partial charge in [-0.25, -0.2) is 9.98 Å². The summed E-state index contributed by atoms with van der Waals surface area (Å²) in [7, 11) is 0. The predicted octanol–water partition coefficient (Wildman–Crippen LogP) is 6.58. The number of amidine groups is 1. The van der Waals surface area contributed by atoms with Crippen molar-refractivity contribution in [3.05, 3.63) is 74.9 Å². The lowest BCUT2D eigenvalue weighted by Gasteiger charge is -2.11. The van der Waals surface area contributed by atoms with Gasteiger partial charge in [-0.2, -0.15) is 0 Å². The molecule has 30 heavy (non-hydrogen) atoms. The van der Waals surface area contributed by atoms with Crippen LogP contribution in [0.15, 0.2) is 62.8 Å². The number of halogens is 2. The molecule has 0 unspecified atom stereocenters. The summed E-state index contributed by atoms with van der Waals surface area (Å²) in [5.41, 5.74) is 1.56. The number of hydrogen-bond donors (Lipinski definition) is 0. The molecule has 152 valence electrons. The number of likely N-dealkylation sites (N-methyl/N-ethyl adjacent to an activating group) is 1. The molecular weight excluding hydrogens is 441 g/mol. The van der Waals surface area contributed by atoms with Gasteiger partial charge in [0.05, 0.1) is 9.93 Å². The van der Waals surface area contributed by atoms with Crippen LogP contribution in [-0.4, -0.2) is 27.5 Å². The minimum Gasteiger partial charge on any atom is -0.457 e. The van der Waals surface area contributed by atoms with Crippen LogP contribution in [0.3, 0.4) is 0 Å². The monoisotopic (exact) mass is 457 g/mol. The van der Waals surface area contributed by atoms with Gasteiger partial charge in [-0.1, -0.05) is 29.3 Å². The minimum atomic E-state index is -0.118. The Hall–Kier alpha value is -2.54. The smallest absolute Gasteiger partial charge is 0.266 e. The topological polar surface area (TPSA) is 58.7 Å². The van der Waals surface area contributed by atoms with E-state index in [2.05, 4.69) is 9.98 Å². The van der Waals surface area contributed by atoms with Crippen molar-refractivity contribution in [1.82, 2.24) is 9.88 Å².